The summed E-state index contributed by atoms with van der Waals surface area (Å²) < 4.78 is 7.62. The van der Waals surface area contributed by atoms with Crippen molar-refractivity contribution in [2.45, 2.75) is 6.92 Å². The van der Waals surface area contributed by atoms with Crippen molar-refractivity contribution in [3.05, 3.63) is 42.6 Å². The minimum atomic E-state index is 0.179. The SMILES string of the molecule is CCOc1ccc(-c2cc3nc(N)nc(N)c3c3ccn(C)c23)cc1. The monoisotopic (exact) mass is 333 g/mol. The van der Waals surface area contributed by atoms with Crippen LogP contribution in [0.3, 0.4) is 0 Å². The zero-order valence-electron chi connectivity index (χ0n) is 14.2. The standard InChI is InChI=1S/C19H19N5O/c1-3-25-12-6-4-11(5-7-12)14-10-15-16(18(20)23-19(21)22-15)13-8-9-24(2)17(13)14/h4-10H,3H2,1-2H3,(H4,20,21,22,23). The summed E-state index contributed by atoms with van der Waals surface area (Å²) in [7, 11) is 2.01. The lowest BCUT2D eigenvalue weighted by atomic mass is 9.99. The van der Waals surface area contributed by atoms with Crippen molar-refractivity contribution >= 4 is 33.6 Å². The highest BCUT2D eigenvalue weighted by atomic mass is 16.5. The third-order valence-electron chi connectivity index (χ3n) is 4.34. The maximum absolute atomic E-state index is 6.12. The first kappa shape index (κ1) is 15.3. The molecule has 126 valence electrons. The lowest BCUT2D eigenvalue weighted by Gasteiger charge is -2.12. The first-order chi connectivity index (χ1) is 12.1. The van der Waals surface area contributed by atoms with Crippen molar-refractivity contribution in [2.75, 3.05) is 18.1 Å². The number of nitrogens with zero attached hydrogens (tertiary/aromatic N) is 3. The second kappa shape index (κ2) is 5.66. The zero-order chi connectivity index (χ0) is 17.6. The predicted molar refractivity (Wildman–Crippen MR) is 101 cm³/mol. The van der Waals surface area contributed by atoms with Crippen LogP contribution in [0.25, 0.3) is 32.9 Å². The van der Waals surface area contributed by atoms with Gasteiger partial charge in [-0.2, -0.15) is 4.98 Å². The summed E-state index contributed by atoms with van der Waals surface area (Å²) in [5.74, 6) is 1.43. The molecule has 0 atom stereocenters. The van der Waals surface area contributed by atoms with Crippen molar-refractivity contribution in [1.29, 1.82) is 0 Å². The van der Waals surface area contributed by atoms with Crippen LogP contribution < -0.4 is 16.2 Å². The summed E-state index contributed by atoms with van der Waals surface area (Å²) in [5, 5.41) is 1.85. The van der Waals surface area contributed by atoms with Crippen LogP contribution in [0, 0.1) is 0 Å². The summed E-state index contributed by atoms with van der Waals surface area (Å²) in [5.41, 5.74) is 15.9. The van der Waals surface area contributed by atoms with Crippen molar-refractivity contribution in [1.82, 2.24) is 14.5 Å². The molecule has 0 aliphatic heterocycles. The number of ether oxygens (including phenoxy) is 1. The second-order valence-electron chi connectivity index (χ2n) is 5.93. The molecule has 4 aromatic rings. The number of rotatable bonds is 3. The Morgan fingerprint density at radius 3 is 2.56 bits per heavy atom. The van der Waals surface area contributed by atoms with Gasteiger partial charge in [-0.15, -0.1) is 0 Å². The molecule has 6 nitrogen and oxygen atoms in total. The van der Waals surface area contributed by atoms with E-state index < -0.39 is 0 Å². The molecular weight excluding hydrogens is 314 g/mol. The fourth-order valence-electron chi connectivity index (χ4n) is 3.28. The largest absolute Gasteiger partial charge is 0.494 e. The third kappa shape index (κ3) is 2.42. The van der Waals surface area contributed by atoms with Crippen LogP contribution in [0.15, 0.2) is 42.6 Å². The molecular formula is C19H19N5O. The molecule has 4 rings (SSSR count). The third-order valence-corrected chi connectivity index (χ3v) is 4.34. The van der Waals surface area contributed by atoms with Crippen LogP contribution in [0.4, 0.5) is 11.8 Å². The fourth-order valence-corrected chi connectivity index (χ4v) is 3.28. The van der Waals surface area contributed by atoms with Crippen molar-refractivity contribution in [3.63, 3.8) is 0 Å². The number of aryl methyl sites for hydroxylation is 1. The van der Waals surface area contributed by atoms with Gasteiger partial charge in [0.2, 0.25) is 5.95 Å². The Labute approximate surface area is 145 Å². The number of hydrogen-bond acceptors (Lipinski definition) is 5. The summed E-state index contributed by atoms with van der Waals surface area (Å²) in [6.45, 7) is 2.62. The minimum Gasteiger partial charge on any atom is -0.494 e. The van der Waals surface area contributed by atoms with Crippen LogP contribution in [-0.4, -0.2) is 21.1 Å². The summed E-state index contributed by atoms with van der Waals surface area (Å²) in [4.78, 5) is 8.50. The first-order valence-electron chi connectivity index (χ1n) is 8.12. The zero-order valence-corrected chi connectivity index (χ0v) is 14.2. The highest BCUT2D eigenvalue weighted by molar-refractivity contribution is 6.15. The molecule has 0 amide bonds. The topological polar surface area (TPSA) is 92.0 Å². The maximum Gasteiger partial charge on any atom is 0.222 e. The van der Waals surface area contributed by atoms with Crippen molar-refractivity contribution in [3.8, 4) is 16.9 Å². The van der Waals surface area contributed by atoms with Crippen LogP contribution in [0.5, 0.6) is 5.75 Å². The highest BCUT2D eigenvalue weighted by Crippen LogP contribution is 2.37. The molecule has 0 saturated carbocycles. The van der Waals surface area contributed by atoms with Crippen LogP contribution >= 0.6 is 0 Å². The molecule has 4 N–H and O–H groups in total. The van der Waals surface area contributed by atoms with Gasteiger partial charge in [0.1, 0.15) is 11.6 Å². The van der Waals surface area contributed by atoms with Gasteiger partial charge in [0.15, 0.2) is 0 Å². The van der Waals surface area contributed by atoms with Gasteiger partial charge in [-0.25, -0.2) is 4.98 Å². The Hall–Kier alpha value is -3.28. The van der Waals surface area contributed by atoms with E-state index in [1.54, 1.807) is 0 Å². The van der Waals surface area contributed by atoms with E-state index in [9.17, 15) is 0 Å². The van der Waals surface area contributed by atoms with E-state index in [4.69, 9.17) is 16.2 Å². The molecule has 0 aliphatic rings. The molecule has 0 radical (unpaired) electrons. The van der Waals surface area contributed by atoms with Gasteiger partial charge in [0, 0.05) is 24.2 Å². The Balaban J connectivity index is 2.03. The second-order valence-corrected chi connectivity index (χ2v) is 5.93. The molecule has 0 fully saturated rings. The summed E-state index contributed by atoms with van der Waals surface area (Å²) in [6.07, 6.45) is 2.01. The lowest BCUT2D eigenvalue weighted by molar-refractivity contribution is 0.340. The van der Waals surface area contributed by atoms with E-state index in [1.165, 1.54) is 0 Å². The summed E-state index contributed by atoms with van der Waals surface area (Å²) >= 11 is 0. The molecule has 0 unspecified atom stereocenters. The number of nitrogens with two attached hydrogens (primary N) is 2. The molecule has 0 aliphatic carbocycles. The molecule has 25 heavy (non-hydrogen) atoms. The number of anilines is 2. The number of benzene rings is 2. The van der Waals surface area contributed by atoms with Crippen LogP contribution in [-0.2, 0) is 7.05 Å². The molecule has 0 spiro atoms. The minimum absolute atomic E-state index is 0.179. The van der Waals surface area contributed by atoms with E-state index in [0.717, 1.165) is 38.7 Å². The molecule has 2 aromatic heterocycles. The van der Waals surface area contributed by atoms with Crippen LogP contribution in [0.1, 0.15) is 6.92 Å². The van der Waals surface area contributed by atoms with Gasteiger partial charge in [-0.05, 0) is 36.8 Å². The Bertz CT molecular complexity index is 1080. The molecule has 2 heterocycles. The predicted octanol–water partition coefficient (Wildman–Crippen LogP) is 3.35. The van der Waals surface area contributed by atoms with Gasteiger partial charge in [-0.3, -0.25) is 0 Å². The average Bonchev–Trinajstić information content (AvgIpc) is 2.96. The quantitative estimate of drug-likeness (QED) is 0.600. The Morgan fingerprint density at radius 1 is 1.08 bits per heavy atom. The van der Waals surface area contributed by atoms with Crippen molar-refractivity contribution < 1.29 is 4.74 Å². The van der Waals surface area contributed by atoms with Gasteiger partial charge >= 0.3 is 0 Å². The van der Waals surface area contributed by atoms with Gasteiger partial charge in [0.05, 0.1) is 23.0 Å². The molecule has 6 heteroatoms. The number of aromatic nitrogens is 3. The van der Waals surface area contributed by atoms with E-state index in [2.05, 4.69) is 14.5 Å². The van der Waals surface area contributed by atoms with E-state index in [1.807, 2.05) is 56.6 Å². The fraction of sp³-hybridized carbons (Fsp3) is 0.158. The van der Waals surface area contributed by atoms with Crippen molar-refractivity contribution in [2.24, 2.45) is 7.05 Å². The Kier molecular flexibility index (Phi) is 3.46. The maximum atomic E-state index is 6.12. The van der Waals surface area contributed by atoms with E-state index in [0.29, 0.717) is 12.4 Å². The molecule has 0 bridgehead atoms. The number of fused-ring (bicyclic) bond motifs is 3. The van der Waals surface area contributed by atoms with E-state index in [-0.39, 0.29) is 5.95 Å². The van der Waals surface area contributed by atoms with Gasteiger partial charge < -0.3 is 20.8 Å². The number of hydrogen-bond donors (Lipinski definition) is 2. The lowest BCUT2D eigenvalue weighted by Crippen LogP contribution is -2.01. The van der Waals surface area contributed by atoms with Gasteiger partial charge in [-0.1, -0.05) is 12.1 Å². The van der Waals surface area contributed by atoms with Crippen LogP contribution in [0.2, 0.25) is 0 Å². The summed E-state index contributed by atoms with van der Waals surface area (Å²) in [6, 6.07) is 12.1. The highest BCUT2D eigenvalue weighted by Gasteiger charge is 2.15. The smallest absolute Gasteiger partial charge is 0.222 e. The number of nitrogen functional groups attached to an aromatic ring is 2. The molecule has 2 aromatic carbocycles. The van der Waals surface area contributed by atoms with E-state index >= 15 is 0 Å². The molecule has 0 saturated heterocycles. The Morgan fingerprint density at radius 2 is 1.84 bits per heavy atom. The van der Waals surface area contributed by atoms with Gasteiger partial charge in [0.25, 0.3) is 0 Å². The normalized spacial score (nSPS) is 11.3. The average molecular weight is 333 g/mol. The first-order valence-corrected chi connectivity index (χ1v) is 8.12.